The maximum Gasteiger partial charge on any atom is 0.407 e. The van der Waals surface area contributed by atoms with Crippen molar-refractivity contribution in [2.24, 2.45) is 0 Å². The molecule has 0 saturated heterocycles. The number of benzene rings is 1. The number of rotatable bonds is 4. The Morgan fingerprint density at radius 2 is 2.00 bits per heavy atom. The molecule has 4 nitrogen and oxygen atoms in total. The molecule has 0 spiro atoms. The number of halogens is 1. The van der Waals surface area contributed by atoms with Gasteiger partial charge in [-0.2, -0.15) is 0 Å². The van der Waals surface area contributed by atoms with Crippen LogP contribution in [0.3, 0.4) is 0 Å². The van der Waals surface area contributed by atoms with Gasteiger partial charge in [-0.3, -0.25) is 0 Å². The standard InChI is InChI=1S/C15H22BrNO3/c1-10(2)19-13-7-6-12(16)8-11(13)9-17-14(18)20-15(3,4)5/h6-8,10H,9H2,1-5H3,(H,17,18). The number of ether oxygens (including phenoxy) is 2. The van der Waals surface area contributed by atoms with E-state index in [4.69, 9.17) is 9.47 Å². The second kappa shape index (κ2) is 6.97. The van der Waals surface area contributed by atoms with Crippen molar-refractivity contribution in [3.8, 4) is 5.75 Å². The Labute approximate surface area is 129 Å². The van der Waals surface area contributed by atoms with E-state index in [1.54, 1.807) is 0 Å². The molecule has 0 radical (unpaired) electrons. The van der Waals surface area contributed by atoms with Crippen molar-refractivity contribution >= 4 is 22.0 Å². The predicted molar refractivity (Wildman–Crippen MR) is 83.0 cm³/mol. The Hall–Kier alpha value is -1.23. The summed E-state index contributed by atoms with van der Waals surface area (Å²) in [6.07, 6.45) is -0.357. The fourth-order valence-corrected chi connectivity index (χ4v) is 1.95. The summed E-state index contributed by atoms with van der Waals surface area (Å²) in [6.45, 7) is 9.79. The molecule has 20 heavy (non-hydrogen) atoms. The summed E-state index contributed by atoms with van der Waals surface area (Å²) in [5.41, 5.74) is 0.400. The van der Waals surface area contributed by atoms with Gasteiger partial charge < -0.3 is 14.8 Å². The fourth-order valence-electron chi connectivity index (χ4n) is 1.54. The summed E-state index contributed by atoms with van der Waals surface area (Å²) >= 11 is 3.42. The molecule has 112 valence electrons. The zero-order valence-corrected chi connectivity index (χ0v) is 14.2. The number of alkyl carbamates (subject to hydrolysis) is 1. The van der Waals surface area contributed by atoms with Crippen LogP contribution in [-0.2, 0) is 11.3 Å². The second-order valence-electron chi connectivity index (χ2n) is 5.77. The summed E-state index contributed by atoms with van der Waals surface area (Å²) in [7, 11) is 0. The minimum atomic E-state index is -0.501. The number of hydrogen-bond acceptors (Lipinski definition) is 3. The molecular weight excluding hydrogens is 322 g/mol. The van der Waals surface area contributed by atoms with Crippen molar-refractivity contribution < 1.29 is 14.3 Å². The lowest BCUT2D eigenvalue weighted by Gasteiger charge is -2.20. The van der Waals surface area contributed by atoms with Gasteiger partial charge in [-0.1, -0.05) is 15.9 Å². The molecule has 0 aliphatic heterocycles. The van der Waals surface area contributed by atoms with Crippen molar-refractivity contribution in [3.63, 3.8) is 0 Å². The van der Waals surface area contributed by atoms with Gasteiger partial charge in [0.25, 0.3) is 0 Å². The van der Waals surface area contributed by atoms with Crippen molar-refractivity contribution in [2.45, 2.75) is 52.9 Å². The molecule has 0 saturated carbocycles. The molecule has 0 unspecified atom stereocenters. The van der Waals surface area contributed by atoms with E-state index in [1.807, 2.05) is 52.8 Å². The number of nitrogens with one attached hydrogen (secondary N) is 1. The maximum absolute atomic E-state index is 11.7. The van der Waals surface area contributed by atoms with Gasteiger partial charge in [-0.15, -0.1) is 0 Å². The maximum atomic E-state index is 11.7. The van der Waals surface area contributed by atoms with E-state index in [0.717, 1.165) is 15.8 Å². The van der Waals surface area contributed by atoms with Crippen LogP contribution < -0.4 is 10.1 Å². The highest BCUT2D eigenvalue weighted by Crippen LogP contribution is 2.24. The smallest absolute Gasteiger partial charge is 0.407 e. The van der Waals surface area contributed by atoms with E-state index >= 15 is 0 Å². The van der Waals surface area contributed by atoms with E-state index in [1.165, 1.54) is 0 Å². The van der Waals surface area contributed by atoms with Crippen molar-refractivity contribution in [3.05, 3.63) is 28.2 Å². The number of hydrogen-bond donors (Lipinski definition) is 1. The molecule has 0 aliphatic rings. The normalized spacial score (nSPS) is 11.3. The SMILES string of the molecule is CC(C)Oc1ccc(Br)cc1CNC(=O)OC(C)(C)C. The molecule has 0 atom stereocenters. The van der Waals surface area contributed by atoms with Crippen LogP contribution in [-0.4, -0.2) is 17.8 Å². The summed E-state index contributed by atoms with van der Waals surface area (Å²) in [4.78, 5) is 11.7. The molecule has 0 bridgehead atoms. The van der Waals surface area contributed by atoms with E-state index in [-0.39, 0.29) is 6.10 Å². The molecular formula is C15H22BrNO3. The summed E-state index contributed by atoms with van der Waals surface area (Å²) in [5.74, 6) is 0.763. The second-order valence-corrected chi connectivity index (χ2v) is 6.69. The van der Waals surface area contributed by atoms with Gasteiger partial charge in [0.15, 0.2) is 0 Å². The summed E-state index contributed by atoms with van der Waals surface area (Å²) < 4.78 is 11.9. The Balaban J connectivity index is 2.71. The zero-order chi connectivity index (χ0) is 15.3. The highest BCUT2D eigenvalue weighted by molar-refractivity contribution is 9.10. The minimum Gasteiger partial charge on any atom is -0.491 e. The highest BCUT2D eigenvalue weighted by Gasteiger charge is 2.16. The molecule has 1 amide bonds. The Kier molecular flexibility index (Phi) is 5.87. The minimum absolute atomic E-state index is 0.0800. The topological polar surface area (TPSA) is 47.6 Å². The number of carbonyl (C=O) groups excluding carboxylic acids is 1. The first-order chi connectivity index (χ1) is 9.17. The summed E-state index contributed by atoms with van der Waals surface area (Å²) in [5, 5.41) is 2.73. The van der Waals surface area contributed by atoms with Gasteiger partial charge in [-0.25, -0.2) is 4.79 Å². The zero-order valence-electron chi connectivity index (χ0n) is 12.6. The molecule has 1 N–H and O–H groups in total. The third kappa shape index (κ3) is 6.28. The van der Waals surface area contributed by atoms with E-state index in [0.29, 0.717) is 6.54 Å². The van der Waals surface area contributed by atoms with Crippen LogP contribution in [0.4, 0.5) is 4.79 Å². The highest BCUT2D eigenvalue weighted by atomic mass is 79.9. The van der Waals surface area contributed by atoms with Gasteiger partial charge in [-0.05, 0) is 52.8 Å². The molecule has 0 heterocycles. The first-order valence-electron chi connectivity index (χ1n) is 6.59. The van der Waals surface area contributed by atoms with Crippen LogP contribution in [0.2, 0.25) is 0 Å². The lowest BCUT2D eigenvalue weighted by molar-refractivity contribution is 0.0523. The Morgan fingerprint density at radius 3 is 2.55 bits per heavy atom. The third-order valence-corrected chi connectivity index (χ3v) is 2.70. The molecule has 0 fully saturated rings. The molecule has 1 aromatic rings. The summed E-state index contributed by atoms with van der Waals surface area (Å²) in [6, 6.07) is 5.72. The fraction of sp³-hybridized carbons (Fsp3) is 0.533. The number of amides is 1. The van der Waals surface area contributed by atoms with E-state index in [2.05, 4.69) is 21.2 Å². The van der Waals surface area contributed by atoms with Crippen molar-refractivity contribution in [1.82, 2.24) is 5.32 Å². The average Bonchev–Trinajstić information content (AvgIpc) is 2.26. The quantitative estimate of drug-likeness (QED) is 0.888. The first kappa shape index (κ1) is 16.8. The monoisotopic (exact) mass is 343 g/mol. The van der Waals surface area contributed by atoms with Crippen LogP contribution in [0.15, 0.2) is 22.7 Å². The Morgan fingerprint density at radius 1 is 1.35 bits per heavy atom. The molecule has 1 aromatic carbocycles. The van der Waals surface area contributed by atoms with Crippen molar-refractivity contribution in [2.75, 3.05) is 0 Å². The van der Waals surface area contributed by atoms with Gasteiger partial charge >= 0.3 is 6.09 Å². The van der Waals surface area contributed by atoms with E-state index in [9.17, 15) is 4.79 Å². The van der Waals surface area contributed by atoms with Gasteiger partial charge in [0.1, 0.15) is 11.4 Å². The lowest BCUT2D eigenvalue weighted by Crippen LogP contribution is -2.32. The van der Waals surface area contributed by atoms with Crippen molar-refractivity contribution in [1.29, 1.82) is 0 Å². The predicted octanol–water partition coefficient (Wildman–Crippen LogP) is 4.26. The molecule has 1 rings (SSSR count). The van der Waals surface area contributed by atoms with Gasteiger partial charge in [0.05, 0.1) is 6.10 Å². The van der Waals surface area contributed by atoms with Gasteiger partial charge in [0, 0.05) is 16.6 Å². The third-order valence-electron chi connectivity index (χ3n) is 2.21. The number of carbonyl (C=O) groups is 1. The molecule has 0 aliphatic carbocycles. The lowest BCUT2D eigenvalue weighted by atomic mass is 10.2. The van der Waals surface area contributed by atoms with Crippen LogP contribution in [0.5, 0.6) is 5.75 Å². The van der Waals surface area contributed by atoms with Crippen LogP contribution in [0, 0.1) is 0 Å². The van der Waals surface area contributed by atoms with Gasteiger partial charge in [0.2, 0.25) is 0 Å². The molecule has 0 aromatic heterocycles. The largest absolute Gasteiger partial charge is 0.491 e. The first-order valence-corrected chi connectivity index (χ1v) is 7.38. The Bertz CT molecular complexity index is 467. The van der Waals surface area contributed by atoms with Crippen LogP contribution in [0.25, 0.3) is 0 Å². The van der Waals surface area contributed by atoms with Crippen LogP contribution in [0.1, 0.15) is 40.2 Å². The van der Waals surface area contributed by atoms with Crippen LogP contribution >= 0.6 is 15.9 Å². The van der Waals surface area contributed by atoms with E-state index < -0.39 is 11.7 Å². The average molecular weight is 344 g/mol. The molecule has 5 heteroatoms.